The van der Waals surface area contributed by atoms with Crippen LogP contribution < -0.4 is 10.6 Å². The summed E-state index contributed by atoms with van der Waals surface area (Å²) in [6.07, 6.45) is 4.71. The maximum Gasteiger partial charge on any atom is 0.131 e. The van der Waals surface area contributed by atoms with Crippen LogP contribution in [0.2, 0.25) is 0 Å². The van der Waals surface area contributed by atoms with Crippen LogP contribution in [0.15, 0.2) is 4.90 Å². The van der Waals surface area contributed by atoms with Gasteiger partial charge >= 0.3 is 0 Å². The van der Waals surface area contributed by atoms with Crippen LogP contribution in [-0.2, 0) is 0 Å². The first-order chi connectivity index (χ1) is 8.21. The number of nitrogens with two attached hydrogens (primary N) is 1. The van der Waals surface area contributed by atoms with Gasteiger partial charge in [0.25, 0.3) is 0 Å². The quantitative estimate of drug-likeness (QED) is 0.833. The van der Waals surface area contributed by atoms with Gasteiger partial charge in [-0.05, 0) is 31.9 Å². The maximum atomic E-state index is 9.05. The van der Waals surface area contributed by atoms with Crippen LogP contribution in [0.1, 0.15) is 24.6 Å². The van der Waals surface area contributed by atoms with Gasteiger partial charge in [0, 0.05) is 13.1 Å². The number of thiophene rings is 1. The molecule has 1 aromatic heterocycles. The Balaban J connectivity index is 2.31. The maximum absolute atomic E-state index is 9.05. The third-order valence-corrected chi connectivity index (χ3v) is 5.15. The highest BCUT2D eigenvalue weighted by Crippen LogP contribution is 2.44. The van der Waals surface area contributed by atoms with E-state index in [-0.39, 0.29) is 0 Å². The average Bonchev–Trinajstić information content (AvgIpc) is 3.10. The van der Waals surface area contributed by atoms with Gasteiger partial charge in [0.15, 0.2) is 0 Å². The van der Waals surface area contributed by atoms with Crippen LogP contribution >= 0.6 is 23.1 Å². The fraction of sp³-hybridized carbons (Fsp3) is 0.583. The van der Waals surface area contributed by atoms with Gasteiger partial charge in [-0.3, -0.25) is 0 Å². The summed E-state index contributed by atoms with van der Waals surface area (Å²) in [6.45, 7) is 4.25. The van der Waals surface area contributed by atoms with Crippen molar-refractivity contribution in [2.45, 2.75) is 24.7 Å². The van der Waals surface area contributed by atoms with Crippen LogP contribution in [0.5, 0.6) is 0 Å². The van der Waals surface area contributed by atoms with E-state index < -0.39 is 0 Å². The predicted molar refractivity (Wildman–Crippen MR) is 75.8 cm³/mol. The van der Waals surface area contributed by atoms with E-state index in [0.717, 1.165) is 23.9 Å². The molecule has 17 heavy (non-hydrogen) atoms. The van der Waals surface area contributed by atoms with Crippen molar-refractivity contribution >= 4 is 33.8 Å². The molecule has 0 saturated heterocycles. The number of rotatable bonds is 5. The Morgan fingerprint density at radius 3 is 2.76 bits per heavy atom. The highest BCUT2D eigenvalue weighted by Gasteiger charge is 2.27. The number of nitriles is 1. The molecule has 0 atom stereocenters. The second-order valence-corrected chi connectivity index (χ2v) is 6.09. The molecule has 1 saturated carbocycles. The van der Waals surface area contributed by atoms with Crippen LogP contribution in [-0.4, -0.2) is 19.3 Å². The summed E-state index contributed by atoms with van der Waals surface area (Å²) < 4.78 is 0. The third kappa shape index (κ3) is 2.53. The van der Waals surface area contributed by atoms with E-state index >= 15 is 0 Å². The monoisotopic (exact) mass is 267 g/mol. The second kappa shape index (κ2) is 5.19. The van der Waals surface area contributed by atoms with E-state index in [2.05, 4.69) is 17.9 Å². The molecular weight excluding hydrogens is 250 g/mol. The minimum absolute atomic E-state index is 0.651. The van der Waals surface area contributed by atoms with Crippen molar-refractivity contribution in [2.75, 3.05) is 30.0 Å². The van der Waals surface area contributed by atoms with Gasteiger partial charge in [0.05, 0.1) is 10.6 Å². The Bertz CT molecular complexity index is 443. The first kappa shape index (κ1) is 12.6. The Hall–Kier alpha value is -0.860. The van der Waals surface area contributed by atoms with E-state index in [1.807, 2.05) is 6.26 Å². The van der Waals surface area contributed by atoms with E-state index in [4.69, 9.17) is 11.0 Å². The lowest BCUT2D eigenvalue weighted by molar-refractivity contribution is 0.743. The molecule has 2 N–H and O–H groups in total. The molecule has 1 heterocycles. The Morgan fingerprint density at radius 1 is 1.59 bits per heavy atom. The molecule has 0 radical (unpaired) electrons. The molecular formula is C12H17N3S2. The summed E-state index contributed by atoms with van der Waals surface area (Å²) in [5.74, 6) is 0.846. The van der Waals surface area contributed by atoms with E-state index in [1.54, 1.807) is 11.8 Å². The van der Waals surface area contributed by atoms with Gasteiger partial charge in [-0.25, -0.2) is 0 Å². The van der Waals surface area contributed by atoms with E-state index in [9.17, 15) is 0 Å². The molecule has 0 amide bonds. The topological polar surface area (TPSA) is 53.0 Å². The van der Waals surface area contributed by atoms with Crippen molar-refractivity contribution in [2.24, 2.45) is 5.92 Å². The van der Waals surface area contributed by atoms with Crippen molar-refractivity contribution in [3.05, 3.63) is 4.88 Å². The van der Waals surface area contributed by atoms with E-state index in [1.165, 1.54) is 29.2 Å². The first-order valence-electron chi connectivity index (χ1n) is 5.82. The number of nitrogen functional groups attached to an aromatic ring is 1. The molecule has 1 aliphatic carbocycles. The number of anilines is 2. The summed E-state index contributed by atoms with van der Waals surface area (Å²) in [6, 6.07) is 2.19. The largest absolute Gasteiger partial charge is 0.396 e. The summed E-state index contributed by atoms with van der Waals surface area (Å²) in [5, 5.41) is 10.2. The summed E-state index contributed by atoms with van der Waals surface area (Å²) in [4.78, 5) is 4.10. The second-order valence-electron chi connectivity index (χ2n) is 4.28. The predicted octanol–water partition coefficient (Wildman–Crippen LogP) is 3.16. The molecule has 0 unspecified atom stereocenters. The van der Waals surface area contributed by atoms with Crippen molar-refractivity contribution in [3.8, 4) is 6.07 Å². The standard InChI is InChI=1S/C12H17N3S2/c1-3-15(7-8-4-5-8)12-11(16-2)10(14)9(6-13)17-12/h8H,3-5,7,14H2,1-2H3. The van der Waals surface area contributed by atoms with Gasteiger partial charge in [0.2, 0.25) is 0 Å². The molecule has 5 heteroatoms. The van der Waals surface area contributed by atoms with Crippen LogP contribution in [0.4, 0.5) is 10.7 Å². The van der Waals surface area contributed by atoms with Gasteiger partial charge in [-0.15, -0.1) is 23.1 Å². The fourth-order valence-electron chi connectivity index (χ4n) is 1.87. The third-order valence-electron chi connectivity index (χ3n) is 3.03. The Kier molecular flexibility index (Phi) is 3.85. The molecule has 0 aromatic carbocycles. The Morgan fingerprint density at radius 2 is 2.29 bits per heavy atom. The minimum atomic E-state index is 0.651. The molecule has 0 spiro atoms. The highest BCUT2D eigenvalue weighted by atomic mass is 32.2. The van der Waals surface area contributed by atoms with Crippen LogP contribution in [0, 0.1) is 17.2 Å². The van der Waals surface area contributed by atoms with Gasteiger partial charge in [-0.1, -0.05) is 0 Å². The first-order valence-corrected chi connectivity index (χ1v) is 7.86. The Labute approximate surface area is 111 Å². The molecule has 1 aliphatic rings. The van der Waals surface area contributed by atoms with Crippen molar-refractivity contribution in [1.29, 1.82) is 5.26 Å². The molecule has 2 rings (SSSR count). The van der Waals surface area contributed by atoms with Gasteiger partial charge in [-0.2, -0.15) is 5.26 Å². The molecule has 3 nitrogen and oxygen atoms in total. The number of nitrogens with zero attached hydrogens (tertiary/aromatic N) is 2. The van der Waals surface area contributed by atoms with Crippen molar-refractivity contribution in [3.63, 3.8) is 0 Å². The van der Waals surface area contributed by atoms with E-state index in [0.29, 0.717) is 10.6 Å². The SMILES string of the molecule is CCN(CC1CC1)c1sc(C#N)c(N)c1SC. The zero-order valence-electron chi connectivity index (χ0n) is 10.2. The molecule has 1 aromatic rings. The fourth-order valence-corrected chi connectivity index (χ4v) is 3.92. The summed E-state index contributed by atoms with van der Waals surface area (Å²) >= 11 is 3.17. The normalized spacial score (nSPS) is 14.6. The van der Waals surface area contributed by atoms with Crippen LogP contribution in [0.3, 0.4) is 0 Å². The number of hydrogen-bond donors (Lipinski definition) is 1. The average molecular weight is 267 g/mol. The molecule has 0 bridgehead atoms. The van der Waals surface area contributed by atoms with Gasteiger partial charge in [0.1, 0.15) is 15.9 Å². The lowest BCUT2D eigenvalue weighted by Gasteiger charge is -2.22. The number of thioether (sulfide) groups is 1. The smallest absolute Gasteiger partial charge is 0.131 e. The van der Waals surface area contributed by atoms with Crippen LogP contribution in [0.25, 0.3) is 0 Å². The van der Waals surface area contributed by atoms with Gasteiger partial charge < -0.3 is 10.6 Å². The summed E-state index contributed by atoms with van der Waals surface area (Å²) in [5.41, 5.74) is 6.67. The lowest BCUT2D eigenvalue weighted by Crippen LogP contribution is -2.24. The molecule has 0 aliphatic heterocycles. The van der Waals surface area contributed by atoms with Crippen molar-refractivity contribution < 1.29 is 0 Å². The van der Waals surface area contributed by atoms with Crippen molar-refractivity contribution in [1.82, 2.24) is 0 Å². The summed E-state index contributed by atoms with van der Waals surface area (Å²) in [7, 11) is 0. The zero-order chi connectivity index (χ0) is 12.4. The minimum Gasteiger partial charge on any atom is -0.396 e. The highest BCUT2D eigenvalue weighted by molar-refractivity contribution is 7.99. The number of hydrogen-bond acceptors (Lipinski definition) is 5. The zero-order valence-corrected chi connectivity index (χ0v) is 11.8. The molecule has 92 valence electrons. The lowest BCUT2D eigenvalue weighted by atomic mass is 10.3. The molecule has 1 fully saturated rings.